The third-order valence-electron chi connectivity index (χ3n) is 2.72. The molecular weight excluding hydrogens is 204 g/mol. The zero-order valence-corrected chi connectivity index (χ0v) is 9.91. The predicted octanol–water partition coefficient (Wildman–Crippen LogP) is 2.75. The number of allylic oxidation sites excluding steroid dienone is 3. The first-order chi connectivity index (χ1) is 7.69. The van der Waals surface area contributed by atoms with Crippen molar-refractivity contribution in [3.05, 3.63) is 35.6 Å². The van der Waals surface area contributed by atoms with Gasteiger partial charge in [0.25, 0.3) is 0 Å². The molecule has 1 aliphatic carbocycles. The first kappa shape index (κ1) is 12.6. The number of hydrogen-bond acceptors (Lipinski definition) is 3. The topological polar surface area (TPSA) is 35.5 Å². The molecular formula is C13H18O3. The van der Waals surface area contributed by atoms with Crippen LogP contribution in [0, 0.1) is 0 Å². The van der Waals surface area contributed by atoms with Crippen LogP contribution in [0.25, 0.3) is 0 Å². The fraction of sp³-hybridized carbons (Fsp3) is 0.462. The van der Waals surface area contributed by atoms with Crippen molar-refractivity contribution in [1.82, 2.24) is 0 Å². The lowest BCUT2D eigenvalue weighted by atomic mass is 9.90. The van der Waals surface area contributed by atoms with Gasteiger partial charge in [-0.25, -0.2) is 4.79 Å². The van der Waals surface area contributed by atoms with Gasteiger partial charge in [0.1, 0.15) is 5.76 Å². The number of ether oxygens (including phenoxy) is 2. The monoisotopic (exact) mass is 222 g/mol. The highest BCUT2D eigenvalue weighted by Crippen LogP contribution is 2.30. The van der Waals surface area contributed by atoms with E-state index in [1.165, 1.54) is 13.2 Å². The summed E-state index contributed by atoms with van der Waals surface area (Å²) in [6, 6.07) is 0. The molecule has 3 nitrogen and oxygen atoms in total. The van der Waals surface area contributed by atoms with E-state index in [1.54, 1.807) is 7.11 Å². The van der Waals surface area contributed by atoms with Crippen LogP contribution in [0.2, 0.25) is 0 Å². The summed E-state index contributed by atoms with van der Waals surface area (Å²) in [4.78, 5) is 11.0. The quantitative estimate of drug-likeness (QED) is 0.417. The fourth-order valence-electron chi connectivity index (χ4n) is 1.79. The van der Waals surface area contributed by atoms with Crippen molar-refractivity contribution in [2.24, 2.45) is 0 Å². The summed E-state index contributed by atoms with van der Waals surface area (Å²) in [7, 11) is 2.99. The van der Waals surface area contributed by atoms with Crippen molar-refractivity contribution >= 4 is 5.97 Å². The van der Waals surface area contributed by atoms with E-state index in [1.807, 2.05) is 6.08 Å². The van der Waals surface area contributed by atoms with Gasteiger partial charge in [-0.15, -0.1) is 0 Å². The lowest BCUT2D eigenvalue weighted by molar-refractivity contribution is -0.134. The molecule has 0 aliphatic heterocycles. The molecule has 0 aromatic heterocycles. The second-order valence-corrected chi connectivity index (χ2v) is 3.69. The number of rotatable bonds is 4. The summed E-state index contributed by atoms with van der Waals surface area (Å²) in [6.45, 7) is 3.86. The Hall–Kier alpha value is -1.51. The highest BCUT2D eigenvalue weighted by Gasteiger charge is 2.13. The van der Waals surface area contributed by atoms with Crippen molar-refractivity contribution in [3.8, 4) is 0 Å². The average Bonchev–Trinajstić information content (AvgIpc) is 2.35. The molecule has 0 N–H and O–H groups in total. The minimum absolute atomic E-state index is 0.333. The van der Waals surface area contributed by atoms with Crippen molar-refractivity contribution in [2.75, 3.05) is 14.2 Å². The van der Waals surface area contributed by atoms with Gasteiger partial charge in [0, 0.05) is 6.08 Å². The number of methoxy groups -OCH3 is 2. The molecule has 88 valence electrons. The maximum atomic E-state index is 11.0. The van der Waals surface area contributed by atoms with Gasteiger partial charge in [0.2, 0.25) is 0 Å². The Kier molecular flexibility index (Phi) is 4.83. The second-order valence-electron chi connectivity index (χ2n) is 3.69. The summed E-state index contributed by atoms with van der Waals surface area (Å²) in [6.07, 6.45) is 7.47. The summed E-state index contributed by atoms with van der Waals surface area (Å²) in [5.41, 5.74) is 2.25. The lowest BCUT2D eigenvalue weighted by Gasteiger charge is -2.19. The van der Waals surface area contributed by atoms with E-state index in [0.717, 1.165) is 36.8 Å². The summed E-state index contributed by atoms with van der Waals surface area (Å²) >= 11 is 0. The first-order valence-electron chi connectivity index (χ1n) is 5.40. The Balaban J connectivity index is 2.86. The second kappa shape index (κ2) is 6.16. The van der Waals surface area contributed by atoms with Crippen molar-refractivity contribution < 1.29 is 14.3 Å². The molecule has 16 heavy (non-hydrogen) atoms. The molecule has 0 aromatic carbocycles. The number of carbonyl (C=O) groups is 1. The molecule has 1 rings (SSSR count). The van der Waals surface area contributed by atoms with Gasteiger partial charge in [-0.3, -0.25) is 0 Å². The van der Waals surface area contributed by atoms with Crippen molar-refractivity contribution in [3.63, 3.8) is 0 Å². The fourth-order valence-corrected chi connectivity index (χ4v) is 1.79. The van der Waals surface area contributed by atoms with Gasteiger partial charge in [-0.1, -0.05) is 12.7 Å². The van der Waals surface area contributed by atoms with Gasteiger partial charge in [0.15, 0.2) is 0 Å². The van der Waals surface area contributed by atoms with Crippen molar-refractivity contribution in [2.45, 2.75) is 25.7 Å². The van der Waals surface area contributed by atoms with Crippen LogP contribution in [0.3, 0.4) is 0 Å². The molecule has 0 bridgehead atoms. The normalized spacial score (nSPS) is 16.4. The van der Waals surface area contributed by atoms with Crippen LogP contribution in [0.4, 0.5) is 0 Å². The smallest absolute Gasteiger partial charge is 0.330 e. The molecule has 0 unspecified atom stereocenters. The molecule has 0 saturated carbocycles. The molecule has 0 atom stereocenters. The van der Waals surface area contributed by atoms with Crippen LogP contribution < -0.4 is 0 Å². The number of esters is 1. The van der Waals surface area contributed by atoms with Crippen LogP contribution in [-0.2, 0) is 14.3 Å². The van der Waals surface area contributed by atoms with Crippen LogP contribution >= 0.6 is 0 Å². The molecule has 0 spiro atoms. The Morgan fingerprint density at radius 3 is 2.56 bits per heavy atom. The largest absolute Gasteiger partial charge is 0.497 e. The molecule has 1 aliphatic rings. The van der Waals surface area contributed by atoms with E-state index in [-0.39, 0.29) is 5.97 Å². The maximum absolute atomic E-state index is 11.0. The zero-order valence-electron chi connectivity index (χ0n) is 9.91. The van der Waals surface area contributed by atoms with Gasteiger partial charge in [-0.2, -0.15) is 0 Å². The van der Waals surface area contributed by atoms with Crippen molar-refractivity contribution in [1.29, 1.82) is 0 Å². The van der Waals surface area contributed by atoms with E-state index in [2.05, 4.69) is 11.3 Å². The molecule has 0 radical (unpaired) electrons. The summed E-state index contributed by atoms with van der Waals surface area (Å²) in [5.74, 6) is 0.365. The molecule has 0 fully saturated rings. The molecule has 0 heterocycles. The van der Waals surface area contributed by atoms with Crippen LogP contribution in [0.5, 0.6) is 0 Å². The highest BCUT2D eigenvalue weighted by atomic mass is 16.5. The SMILES string of the molecule is C=C(OC)C1=C(/C=C/C(=O)OC)CCCC1. The van der Waals surface area contributed by atoms with Gasteiger partial charge in [-0.05, 0) is 36.8 Å². The van der Waals surface area contributed by atoms with E-state index < -0.39 is 0 Å². The average molecular weight is 222 g/mol. The van der Waals surface area contributed by atoms with E-state index in [0.29, 0.717) is 5.76 Å². The standard InChI is InChI=1S/C13H18O3/c1-10(15-2)12-7-5-4-6-11(12)8-9-13(14)16-3/h8-9H,1,4-7H2,2-3H3/b9-8+. The Bertz CT molecular complexity index is 337. The first-order valence-corrected chi connectivity index (χ1v) is 5.40. The van der Waals surface area contributed by atoms with Gasteiger partial charge in [0.05, 0.1) is 14.2 Å². The van der Waals surface area contributed by atoms with Crippen LogP contribution in [-0.4, -0.2) is 20.2 Å². The molecule has 3 heteroatoms. The Morgan fingerprint density at radius 2 is 1.94 bits per heavy atom. The Morgan fingerprint density at radius 1 is 1.25 bits per heavy atom. The lowest BCUT2D eigenvalue weighted by Crippen LogP contribution is -2.03. The Labute approximate surface area is 96.4 Å². The minimum Gasteiger partial charge on any atom is -0.497 e. The van der Waals surface area contributed by atoms with E-state index >= 15 is 0 Å². The zero-order chi connectivity index (χ0) is 12.0. The number of hydrogen-bond donors (Lipinski definition) is 0. The maximum Gasteiger partial charge on any atom is 0.330 e. The minimum atomic E-state index is -0.333. The third kappa shape index (κ3) is 3.26. The molecule has 0 saturated heterocycles. The summed E-state index contributed by atoms with van der Waals surface area (Å²) < 4.78 is 9.71. The van der Waals surface area contributed by atoms with E-state index in [4.69, 9.17) is 4.74 Å². The molecule has 0 amide bonds. The highest BCUT2D eigenvalue weighted by molar-refractivity contribution is 5.82. The number of carbonyl (C=O) groups excluding carboxylic acids is 1. The third-order valence-corrected chi connectivity index (χ3v) is 2.72. The predicted molar refractivity (Wildman–Crippen MR) is 62.8 cm³/mol. The van der Waals surface area contributed by atoms with Crippen LogP contribution in [0.1, 0.15) is 25.7 Å². The molecule has 0 aromatic rings. The van der Waals surface area contributed by atoms with Gasteiger partial charge >= 0.3 is 5.97 Å². The van der Waals surface area contributed by atoms with Crippen LogP contribution in [0.15, 0.2) is 35.6 Å². The van der Waals surface area contributed by atoms with Gasteiger partial charge < -0.3 is 9.47 Å². The summed E-state index contributed by atoms with van der Waals surface area (Å²) in [5, 5.41) is 0. The van der Waals surface area contributed by atoms with E-state index in [9.17, 15) is 4.79 Å².